The molecule has 0 atom stereocenters. The number of rotatable bonds is 2. The van der Waals surface area contributed by atoms with E-state index in [9.17, 15) is 19.4 Å². The van der Waals surface area contributed by atoms with E-state index >= 15 is 0 Å². The van der Waals surface area contributed by atoms with E-state index in [1.54, 1.807) is 13.0 Å². The maximum Gasteiger partial charge on any atom is 0.336 e. The number of phenolic OH excluding ortho intramolecular Hbond substituents is 1. The van der Waals surface area contributed by atoms with Crippen molar-refractivity contribution in [1.29, 1.82) is 0 Å². The number of carboxylic acid groups (broad SMARTS) is 1. The number of hydrogen-bond acceptors (Lipinski definition) is 3. The molecule has 19 heavy (non-hydrogen) atoms. The highest BCUT2D eigenvalue weighted by atomic mass is 19.1. The summed E-state index contributed by atoms with van der Waals surface area (Å²) < 4.78 is 13.0. The average molecular weight is 261 g/mol. The zero-order chi connectivity index (χ0) is 14.2. The average Bonchev–Trinajstić information content (AvgIpc) is 2.29. The summed E-state index contributed by atoms with van der Waals surface area (Å²) in [6, 6.07) is 6.36. The van der Waals surface area contributed by atoms with Crippen LogP contribution < -0.4 is 5.73 Å². The number of halogens is 1. The third-order valence-corrected chi connectivity index (χ3v) is 2.82. The van der Waals surface area contributed by atoms with Gasteiger partial charge in [0.2, 0.25) is 0 Å². The lowest BCUT2D eigenvalue weighted by Crippen LogP contribution is -2.03. The first kappa shape index (κ1) is 12.9. The summed E-state index contributed by atoms with van der Waals surface area (Å²) in [5.74, 6) is -2.06. The van der Waals surface area contributed by atoms with Crippen LogP contribution in [0.3, 0.4) is 0 Å². The summed E-state index contributed by atoms with van der Waals surface area (Å²) in [5, 5.41) is 19.0. The van der Waals surface area contributed by atoms with Crippen molar-refractivity contribution in [2.75, 3.05) is 5.73 Å². The lowest BCUT2D eigenvalue weighted by atomic mass is 9.93. The fraction of sp³-hybridized carbons (Fsp3) is 0.0714. The Morgan fingerprint density at radius 2 is 1.95 bits per heavy atom. The molecule has 0 bridgehead atoms. The zero-order valence-electron chi connectivity index (χ0n) is 10.1. The number of aromatic hydroxyl groups is 1. The molecule has 0 saturated carbocycles. The second kappa shape index (κ2) is 4.61. The SMILES string of the molecule is Cc1cc(N)cc(C(=O)O)c1-c1ccc(F)cc1O. The van der Waals surface area contributed by atoms with Gasteiger partial charge in [-0.1, -0.05) is 0 Å². The van der Waals surface area contributed by atoms with Crippen molar-refractivity contribution >= 4 is 11.7 Å². The fourth-order valence-electron chi connectivity index (χ4n) is 2.06. The maximum atomic E-state index is 13.0. The summed E-state index contributed by atoms with van der Waals surface area (Å²) in [4.78, 5) is 11.3. The molecule has 2 aromatic rings. The molecule has 0 amide bonds. The van der Waals surface area contributed by atoms with Crippen LogP contribution >= 0.6 is 0 Å². The fourth-order valence-corrected chi connectivity index (χ4v) is 2.06. The second-order valence-corrected chi connectivity index (χ2v) is 4.23. The van der Waals surface area contributed by atoms with Crippen LogP contribution in [-0.4, -0.2) is 16.2 Å². The minimum atomic E-state index is -1.16. The second-order valence-electron chi connectivity index (χ2n) is 4.23. The number of benzene rings is 2. The molecule has 0 unspecified atom stereocenters. The number of phenols is 1. The Morgan fingerprint density at radius 1 is 1.26 bits per heavy atom. The van der Waals surface area contributed by atoms with Crippen LogP contribution in [0.15, 0.2) is 30.3 Å². The number of aromatic carboxylic acids is 1. The number of hydrogen-bond donors (Lipinski definition) is 3. The molecule has 0 aromatic heterocycles. The Labute approximate surface area is 108 Å². The number of anilines is 1. The third kappa shape index (κ3) is 2.35. The van der Waals surface area contributed by atoms with Crippen LogP contribution in [-0.2, 0) is 0 Å². The molecule has 0 heterocycles. The molecule has 0 spiro atoms. The van der Waals surface area contributed by atoms with E-state index in [1.807, 2.05) is 0 Å². The lowest BCUT2D eigenvalue weighted by Gasteiger charge is -2.13. The summed E-state index contributed by atoms with van der Waals surface area (Å²) in [5.41, 5.74) is 7.10. The van der Waals surface area contributed by atoms with Crippen molar-refractivity contribution in [1.82, 2.24) is 0 Å². The van der Waals surface area contributed by atoms with E-state index in [2.05, 4.69) is 0 Å². The minimum absolute atomic E-state index is 0.0283. The standard InChI is InChI=1S/C14H12FNO3/c1-7-4-9(16)6-11(14(18)19)13(7)10-3-2-8(15)5-12(10)17/h2-6,17H,16H2,1H3,(H,18,19). The predicted molar refractivity (Wildman–Crippen MR) is 69.6 cm³/mol. The van der Waals surface area contributed by atoms with Crippen LogP contribution in [0.2, 0.25) is 0 Å². The van der Waals surface area contributed by atoms with Crippen molar-refractivity contribution < 1.29 is 19.4 Å². The molecule has 0 aliphatic rings. The van der Waals surface area contributed by atoms with E-state index in [0.717, 1.165) is 12.1 Å². The molecule has 2 aromatic carbocycles. The van der Waals surface area contributed by atoms with Crippen LogP contribution in [0, 0.1) is 12.7 Å². The maximum absolute atomic E-state index is 13.0. The molecule has 4 N–H and O–H groups in total. The number of carboxylic acids is 1. The van der Waals surface area contributed by atoms with Gasteiger partial charge in [0.25, 0.3) is 0 Å². The van der Waals surface area contributed by atoms with E-state index in [1.165, 1.54) is 12.1 Å². The van der Waals surface area contributed by atoms with Gasteiger partial charge in [-0.3, -0.25) is 0 Å². The monoisotopic (exact) mass is 261 g/mol. The van der Waals surface area contributed by atoms with Gasteiger partial charge in [-0.2, -0.15) is 0 Å². The minimum Gasteiger partial charge on any atom is -0.507 e. The zero-order valence-corrected chi connectivity index (χ0v) is 10.1. The first-order valence-electron chi connectivity index (χ1n) is 5.52. The van der Waals surface area contributed by atoms with Gasteiger partial charge < -0.3 is 15.9 Å². The largest absolute Gasteiger partial charge is 0.507 e. The van der Waals surface area contributed by atoms with Crippen molar-refractivity contribution in [3.05, 3.63) is 47.3 Å². The molecular weight excluding hydrogens is 249 g/mol. The van der Waals surface area contributed by atoms with E-state index in [0.29, 0.717) is 16.8 Å². The van der Waals surface area contributed by atoms with Crippen molar-refractivity contribution in [2.45, 2.75) is 6.92 Å². The molecular formula is C14H12FNO3. The highest BCUT2D eigenvalue weighted by Gasteiger charge is 2.18. The van der Waals surface area contributed by atoms with Crippen LogP contribution in [0.25, 0.3) is 11.1 Å². The van der Waals surface area contributed by atoms with Crippen molar-refractivity contribution in [3.63, 3.8) is 0 Å². The Kier molecular flexibility index (Phi) is 3.12. The first-order chi connectivity index (χ1) is 8.90. The van der Waals surface area contributed by atoms with Gasteiger partial charge in [-0.25, -0.2) is 9.18 Å². The molecule has 0 aliphatic heterocycles. The van der Waals surface area contributed by atoms with Gasteiger partial charge >= 0.3 is 5.97 Å². The van der Waals surface area contributed by atoms with Gasteiger partial charge in [-0.05, 0) is 36.8 Å². The predicted octanol–water partition coefficient (Wildman–Crippen LogP) is 2.79. The highest BCUT2D eigenvalue weighted by Crippen LogP contribution is 2.35. The number of aryl methyl sites for hydroxylation is 1. The lowest BCUT2D eigenvalue weighted by molar-refractivity contribution is 0.0697. The quantitative estimate of drug-likeness (QED) is 0.726. The molecule has 0 saturated heterocycles. The molecule has 2 rings (SSSR count). The highest BCUT2D eigenvalue weighted by molar-refractivity contribution is 5.99. The Bertz CT molecular complexity index is 668. The smallest absolute Gasteiger partial charge is 0.336 e. The molecule has 0 fully saturated rings. The molecule has 4 nitrogen and oxygen atoms in total. The Balaban J connectivity index is 2.77. The van der Waals surface area contributed by atoms with Crippen LogP contribution in [0.1, 0.15) is 15.9 Å². The van der Waals surface area contributed by atoms with E-state index in [4.69, 9.17) is 5.73 Å². The van der Waals surface area contributed by atoms with Gasteiger partial charge in [0.15, 0.2) is 0 Å². The molecule has 0 aliphatic carbocycles. The molecule has 0 radical (unpaired) electrons. The van der Waals surface area contributed by atoms with Crippen molar-refractivity contribution in [3.8, 4) is 16.9 Å². The van der Waals surface area contributed by atoms with Gasteiger partial charge in [0.1, 0.15) is 11.6 Å². The van der Waals surface area contributed by atoms with Crippen LogP contribution in [0.4, 0.5) is 10.1 Å². The van der Waals surface area contributed by atoms with Gasteiger partial charge in [0.05, 0.1) is 5.56 Å². The summed E-state index contributed by atoms with van der Waals surface area (Å²) in [6.45, 7) is 1.68. The first-order valence-corrected chi connectivity index (χ1v) is 5.52. The summed E-state index contributed by atoms with van der Waals surface area (Å²) >= 11 is 0. The number of nitrogens with two attached hydrogens (primary N) is 1. The Hall–Kier alpha value is -2.56. The van der Waals surface area contributed by atoms with E-state index in [-0.39, 0.29) is 16.9 Å². The normalized spacial score (nSPS) is 10.4. The van der Waals surface area contributed by atoms with Gasteiger partial charge in [-0.15, -0.1) is 0 Å². The molecule has 5 heteroatoms. The summed E-state index contributed by atoms with van der Waals surface area (Å²) in [6.07, 6.45) is 0. The summed E-state index contributed by atoms with van der Waals surface area (Å²) in [7, 11) is 0. The number of nitrogen functional groups attached to an aromatic ring is 1. The van der Waals surface area contributed by atoms with E-state index < -0.39 is 11.8 Å². The van der Waals surface area contributed by atoms with Crippen molar-refractivity contribution in [2.24, 2.45) is 0 Å². The Morgan fingerprint density at radius 3 is 2.53 bits per heavy atom. The third-order valence-electron chi connectivity index (χ3n) is 2.82. The van der Waals surface area contributed by atoms with Crippen LogP contribution in [0.5, 0.6) is 5.75 Å². The topological polar surface area (TPSA) is 83.6 Å². The molecule has 98 valence electrons. The number of carbonyl (C=O) groups is 1. The van der Waals surface area contributed by atoms with Gasteiger partial charge in [0, 0.05) is 22.9 Å².